The maximum Gasteiger partial charge on any atom is 0.416 e. The van der Waals surface area contributed by atoms with Crippen molar-refractivity contribution < 1.29 is 18.0 Å². The van der Waals surface area contributed by atoms with E-state index in [1.807, 2.05) is 41.9 Å². The Morgan fingerprint density at radius 3 is 2.53 bits per heavy atom. The lowest BCUT2D eigenvalue weighted by molar-refractivity contribution is -0.137. The molecular formula is C21H19F3N4OS. The molecule has 1 N–H and O–H groups in total. The lowest BCUT2D eigenvalue weighted by atomic mass is 10.1. The van der Waals surface area contributed by atoms with Gasteiger partial charge in [0.2, 0.25) is 5.91 Å². The molecule has 0 spiro atoms. The Morgan fingerprint density at radius 2 is 1.87 bits per heavy atom. The molecule has 5 nitrogen and oxygen atoms in total. The van der Waals surface area contributed by atoms with Crippen LogP contribution >= 0.6 is 11.8 Å². The second kappa shape index (κ2) is 8.14. The normalized spacial score (nSPS) is 15.1. The number of thioether (sulfide) groups is 1. The fraction of sp³-hybridized carbons (Fsp3) is 0.286. The minimum atomic E-state index is -4.48. The van der Waals surface area contributed by atoms with Crippen LogP contribution in [0.4, 0.5) is 18.9 Å². The van der Waals surface area contributed by atoms with E-state index >= 15 is 0 Å². The minimum Gasteiger partial charge on any atom is -0.325 e. The van der Waals surface area contributed by atoms with Crippen molar-refractivity contribution in [2.45, 2.75) is 35.3 Å². The maximum atomic E-state index is 13.1. The number of anilines is 1. The SMILES string of the molecule is Cn1c(SC(C(=O)Nc2cccc(C(F)(F)F)c2)c2ccccc2)nnc1C1CC1. The minimum absolute atomic E-state index is 0.0907. The molecule has 1 saturated carbocycles. The van der Waals surface area contributed by atoms with Crippen LogP contribution in [0.15, 0.2) is 59.8 Å². The van der Waals surface area contributed by atoms with Gasteiger partial charge in [-0.3, -0.25) is 4.79 Å². The third-order valence-electron chi connectivity index (χ3n) is 4.83. The van der Waals surface area contributed by atoms with Crippen molar-refractivity contribution in [2.24, 2.45) is 7.05 Å². The molecule has 2 aromatic carbocycles. The molecule has 1 aliphatic rings. The van der Waals surface area contributed by atoms with Gasteiger partial charge < -0.3 is 9.88 Å². The Hall–Kier alpha value is -2.81. The summed E-state index contributed by atoms with van der Waals surface area (Å²) in [6.07, 6.45) is -2.32. The summed E-state index contributed by atoms with van der Waals surface area (Å²) in [4.78, 5) is 13.1. The van der Waals surface area contributed by atoms with E-state index < -0.39 is 22.9 Å². The number of hydrogen-bond donors (Lipinski definition) is 1. The Kier molecular flexibility index (Phi) is 5.55. The van der Waals surface area contributed by atoms with Gasteiger partial charge in [-0.2, -0.15) is 13.2 Å². The first kappa shape index (κ1) is 20.5. The summed E-state index contributed by atoms with van der Waals surface area (Å²) in [7, 11) is 1.86. The Labute approximate surface area is 175 Å². The summed E-state index contributed by atoms with van der Waals surface area (Å²) in [5.74, 6) is 0.870. The Morgan fingerprint density at radius 1 is 1.13 bits per heavy atom. The van der Waals surface area contributed by atoms with E-state index in [-0.39, 0.29) is 5.69 Å². The van der Waals surface area contributed by atoms with Gasteiger partial charge in [0.25, 0.3) is 0 Å². The quantitative estimate of drug-likeness (QED) is 0.545. The lowest BCUT2D eigenvalue weighted by Gasteiger charge is -2.17. The molecule has 0 bridgehead atoms. The van der Waals surface area contributed by atoms with Gasteiger partial charge in [-0.25, -0.2) is 0 Å². The molecule has 1 aliphatic carbocycles. The van der Waals surface area contributed by atoms with E-state index in [1.165, 1.54) is 23.9 Å². The summed E-state index contributed by atoms with van der Waals surface area (Å²) in [5, 5.41) is 11.0. The Balaban J connectivity index is 1.59. The van der Waals surface area contributed by atoms with Crippen molar-refractivity contribution in [1.29, 1.82) is 0 Å². The molecule has 1 unspecified atom stereocenters. The average molecular weight is 432 g/mol. The van der Waals surface area contributed by atoms with Crippen molar-refractivity contribution in [3.63, 3.8) is 0 Å². The predicted molar refractivity (Wildman–Crippen MR) is 108 cm³/mol. The van der Waals surface area contributed by atoms with Gasteiger partial charge in [-0.15, -0.1) is 10.2 Å². The molecule has 1 aromatic heterocycles. The molecule has 1 amide bonds. The average Bonchev–Trinajstić information content (AvgIpc) is 3.49. The molecule has 4 rings (SSSR count). The fourth-order valence-corrected chi connectivity index (χ4v) is 4.12. The van der Waals surface area contributed by atoms with Gasteiger partial charge in [-0.05, 0) is 36.6 Å². The largest absolute Gasteiger partial charge is 0.416 e. The van der Waals surface area contributed by atoms with Crippen molar-refractivity contribution >= 4 is 23.4 Å². The second-order valence-corrected chi connectivity index (χ2v) is 8.22. The van der Waals surface area contributed by atoms with Gasteiger partial charge in [0.15, 0.2) is 5.16 Å². The van der Waals surface area contributed by atoms with Crippen LogP contribution < -0.4 is 5.32 Å². The third kappa shape index (κ3) is 4.51. The molecule has 0 aliphatic heterocycles. The lowest BCUT2D eigenvalue weighted by Crippen LogP contribution is -2.20. The first-order valence-electron chi connectivity index (χ1n) is 9.42. The van der Waals surface area contributed by atoms with E-state index in [9.17, 15) is 18.0 Å². The van der Waals surface area contributed by atoms with Crippen LogP contribution in [0, 0.1) is 0 Å². The van der Waals surface area contributed by atoms with Gasteiger partial charge in [-0.1, -0.05) is 48.2 Å². The van der Waals surface area contributed by atoms with Crippen molar-refractivity contribution in [1.82, 2.24) is 14.8 Å². The fourth-order valence-electron chi connectivity index (χ4n) is 3.11. The zero-order chi connectivity index (χ0) is 21.3. The maximum absolute atomic E-state index is 13.1. The highest BCUT2D eigenvalue weighted by molar-refractivity contribution is 8.00. The number of carbonyl (C=O) groups excluding carboxylic acids is 1. The summed E-state index contributed by atoms with van der Waals surface area (Å²) < 4.78 is 40.9. The van der Waals surface area contributed by atoms with E-state index in [1.54, 1.807) is 0 Å². The monoisotopic (exact) mass is 432 g/mol. The highest BCUT2D eigenvalue weighted by atomic mass is 32.2. The number of nitrogens with one attached hydrogen (secondary N) is 1. The summed E-state index contributed by atoms with van der Waals surface area (Å²) >= 11 is 1.23. The number of alkyl halides is 3. The van der Waals surface area contributed by atoms with E-state index in [0.717, 1.165) is 36.4 Å². The number of rotatable bonds is 6. The van der Waals surface area contributed by atoms with Crippen LogP contribution in [0.2, 0.25) is 0 Å². The number of aromatic nitrogens is 3. The number of nitrogens with zero attached hydrogens (tertiary/aromatic N) is 3. The zero-order valence-electron chi connectivity index (χ0n) is 16.1. The van der Waals surface area contributed by atoms with Crippen LogP contribution in [0.25, 0.3) is 0 Å². The first-order valence-corrected chi connectivity index (χ1v) is 10.3. The van der Waals surface area contributed by atoms with Crippen molar-refractivity contribution in [3.05, 3.63) is 71.5 Å². The van der Waals surface area contributed by atoms with Crippen molar-refractivity contribution in [3.8, 4) is 0 Å². The molecule has 1 atom stereocenters. The standard InChI is InChI=1S/C21H19F3N4OS/c1-28-18(14-10-11-14)26-27-20(28)30-17(13-6-3-2-4-7-13)19(29)25-16-9-5-8-15(12-16)21(22,23)24/h2-9,12,14,17H,10-11H2,1H3,(H,25,29). The van der Waals surface area contributed by atoms with Gasteiger partial charge in [0.05, 0.1) is 5.56 Å². The number of hydrogen-bond acceptors (Lipinski definition) is 4. The van der Waals surface area contributed by atoms with Crippen LogP contribution in [-0.4, -0.2) is 20.7 Å². The molecule has 9 heteroatoms. The summed E-state index contributed by atoms with van der Waals surface area (Å²) in [5.41, 5.74) is 0.00234. The van der Waals surface area contributed by atoms with E-state index in [0.29, 0.717) is 11.1 Å². The molecule has 156 valence electrons. The molecular weight excluding hydrogens is 413 g/mol. The first-order chi connectivity index (χ1) is 14.3. The van der Waals surface area contributed by atoms with Gasteiger partial charge in [0.1, 0.15) is 11.1 Å². The second-order valence-electron chi connectivity index (χ2n) is 7.15. The summed E-state index contributed by atoms with van der Waals surface area (Å²) in [6, 6.07) is 13.7. The Bertz CT molecular complexity index is 1050. The number of amides is 1. The smallest absolute Gasteiger partial charge is 0.325 e. The molecule has 3 aromatic rings. The topological polar surface area (TPSA) is 59.8 Å². The number of carbonyl (C=O) groups is 1. The summed E-state index contributed by atoms with van der Waals surface area (Å²) in [6.45, 7) is 0. The molecule has 1 fully saturated rings. The highest BCUT2D eigenvalue weighted by Gasteiger charge is 2.32. The highest BCUT2D eigenvalue weighted by Crippen LogP contribution is 2.41. The van der Waals surface area contributed by atoms with E-state index in [4.69, 9.17) is 0 Å². The zero-order valence-corrected chi connectivity index (χ0v) is 16.9. The third-order valence-corrected chi connectivity index (χ3v) is 6.12. The molecule has 1 heterocycles. The van der Waals surface area contributed by atoms with Gasteiger partial charge in [0, 0.05) is 18.7 Å². The van der Waals surface area contributed by atoms with Crippen LogP contribution in [0.3, 0.4) is 0 Å². The molecule has 30 heavy (non-hydrogen) atoms. The molecule has 0 radical (unpaired) electrons. The van der Waals surface area contributed by atoms with Gasteiger partial charge >= 0.3 is 6.18 Å². The van der Waals surface area contributed by atoms with E-state index in [2.05, 4.69) is 15.5 Å². The van der Waals surface area contributed by atoms with Crippen LogP contribution in [0.1, 0.15) is 41.0 Å². The van der Waals surface area contributed by atoms with Crippen LogP contribution in [-0.2, 0) is 18.0 Å². The predicted octanol–water partition coefficient (Wildman–Crippen LogP) is 5.18. The number of benzene rings is 2. The van der Waals surface area contributed by atoms with Crippen LogP contribution in [0.5, 0.6) is 0 Å². The molecule has 0 saturated heterocycles. The van der Waals surface area contributed by atoms with Crippen molar-refractivity contribution in [2.75, 3.05) is 5.32 Å². The number of halogens is 3.